The van der Waals surface area contributed by atoms with Crippen LogP contribution in [0.1, 0.15) is 25.7 Å². The van der Waals surface area contributed by atoms with Gasteiger partial charge in [-0.25, -0.2) is 12.2 Å². The molecule has 0 amide bonds. The third-order valence-corrected chi connectivity index (χ3v) is 2.32. The molecule has 1 radical (unpaired) electrons. The van der Waals surface area contributed by atoms with Gasteiger partial charge in [-0.1, -0.05) is 6.42 Å². The third kappa shape index (κ3) is 3.36. The Morgan fingerprint density at radius 1 is 1.33 bits per heavy atom. The summed E-state index contributed by atoms with van der Waals surface area (Å²) in [6.07, 6.45) is 12.9. The van der Waals surface area contributed by atoms with Crippen molar-refractivity contribution in [1.82, 2.24) is 0 Å². The first-order valence-electron chi connectivity index (χ1n) is 3.72. The van der Waals surface area contributed by atoms with E-state index in [1.807, 2.05) is 0 Å². The topological polar surface area (TPSA) is 0 Å². The van der Waals surface area contributed by atoms with Crippen molar-refractivity contribution < 1.29 is 51.0 Å². The second kappa shape index (κ2) is 7.36. The van der Waals surface area contributed by atoms with Crippen LogP contribution in [0.4, 0.5) is 0 Å². The number of fused-ring (bicyclic) bond motifs is 1. The summed E-state index contributed by atoms with van der Waals surface area (Å²) in [6.45, 7) is 0. The van der Waals surface area contributed by atoms with E-state index in [1.165, 1.54) is 25.7 Å². The molecule has 2 rings (SSSR count). The normalized spacial score (nSPS) is 24.0. The first-order valence-corrected chi connectivity index (χ1v) is 3.72. The molecule has 3 heteroatoms. The molecule has 0 spiro atoms. The fourth-order valence-electron chi connectivity index (χ4n) is 1.77. The van der Waals surface area contributed by atoms with Gasteiger partial charge in [-0.15, -0.1) is 12.0 Å². The summed E-state index contributed by atoms with van der Waals surface area (Å²) in [5, 5.41) is 0. The van der Waals surface area contributed by atoms with Crippen LogP contribution in [0.15, 0.2) is 17.7 Å². The van der Waals surface area contributed by atoms with Crippen LogP contribution in [0.5, 0.6) is 0 Å². The summed E-state index contributed by atoms with van der Waals surface area (Å²) in [5.74, 6) is 0.884. The maximum absolute atomic E-state index is 3.25. The van der Waals surface area contributed by atoms with E-state index in [4.69, 9.17) is 0 Å². The monoisotopic (exact) mass is 279 g/mol. The molecule has 12 heavy (non-hydrogen) atoms. The van der Waals surface area contributed by atoms with E-state index < -0.39 is 0 Å². The summed E-state index contributed by atoms with van der Waals surface area (Å²) in [5.41, 5.74) is 1.67. The first-order chi connectivity index (χ1) is 4.47. The van der Waals surface area contributed by atoms with E-state index in [2.05, 4.69) is 18.2 Å². The van der Waals surface area contributed by atoms with Crippen LogP contribution in [-0.4, -0.2) is 0 Å². The number of hydrogen-bond acceptors (Lipinski definition) is 0. The number of hydrogen-bond donors (Lipinski definition) is 0. The Kier molecular flexibility index (Phi) is 9.45. The number of rotatable bonds is 0. The van der Waals surface area contributed by atoms with Crippen LogP contribution in [-0.2, 0) is 26.2 Å². The van der Waals surface area contributed by atoms with Gasteiger partial charge < -0.3 is 24.8 Å². The average molecular weight is 281 g/mol. The van der Waals surface area contributed by atoms with Crippen molar-refractivity contribution in [3.05, 3.63) is 23.8 Å². The molecule has 1 atom stereocenters. The Hall–Kier alpha value is 0.943. The predicted molar refractivity (Wildman–Crippen MR) is 37.9 cm³/mol. The molecular formula is C9H11Cl2Zr. The molecule has 0 aliphatic heterocycles. The molecule has 0 aromatic heterocycles. The minimum Gasteiger partial charge on any atom is -1.00 e. The molecule has 0 bridgehead atoms. The predicted octanol–water partition coefficient (Wildman–Crippen LogP) is -3.52. The molecule has 0 aromatic rings. The van der Waals surface area contributed by atoms with E-state index in [0.717, 1.165) is 5.92 Å². The van der Waals surface area contributed by atoms with Crippen molar-refractivity contribution in [2.75, 3.05) is 0 Å². The van der Waals surface area contributed by atoms with E-state index in [1.54, 1.807) is 5.57 Å². The molecule has 0 N–H and O–H groups in total. The van der Waals surface area contributed by atoms with E-state index in [0.29, 0.717) is 0 Å². The van der Waals surface area contributed by atoms with Gasteiger partial charge in [0, 0.05) is 0 Å². The average Bonchev–Trinajstić information content (AvgIpc) is 2.33. The van der Waals surface area contributed by atoms with Crippen LogP contribution in [0.2, 0.25) is 0 Å². The minimum absolute atomic E-state index is 0. The molecule has 0 heterocycles. The molecule has 0 saturated heterocycles. The maximum Gasteiger partial charge on any atom is 3.00 e. The smallest absolute Gasteiger partial charge is 1.00 e. The van der Waals surface area contributed by atoms with E-state index in [9.17, 15) is 0 Å². The summed E-state index contributed by atoms with van der Waals surface area (Å²) in [4.78, 5) is 0. The zero-order valence-corrected chi connectivity index (χ0v) is 10.8. The zero-order chi connectivity index (χ0) is 6.10. The van der Waals surface area contributed by atoms with Gasteiger partial charge in [0.15, 0.2) is 0 Å². The summed E-state index contributed by atoms with van der Waals surface area (Å²) >= 11 is 0. The Balaban J connectivity index is 0. The van der Waals surface area contributed by atoms with Crippen molar-refractivity contribution in [2.24, 2.45) is 5.92 Å². The molecule has 1 fully saturated rings. The van der Waals surface area contributed by atoms with Crippen molar-refractivity contribution in [3.8, 4) is 0 Å². The number of allylic oxidation sites excluding steroid dienone is 4. The van der Waals surface area contributed by atoms with Gasteiger partial charge >= 0.3 is 26.2 Å². The first kappa shape index (κ1) is 15.4. The van der Waals surface area contributed by atoms with Crippen molar-refractivity contribution >= 4 is 0 Å². The van der Waals surface area contributed by atoms with Crippen molar-refractivity contribution in [1.29, 1.82) is 0 Å². The van der Waals surface area contributed by atoms with Crippen LogP contribution < -0.4 is 24.8 Å². The minimum atomic E-state index is 0. The Morgan fingerprint density at radius 3 is 2.75 bits per heavy atom. The molecule has 2 aliphatic rings. The van der Waals surface area contributed by atoms with Crippen LogP contribution in [0.25, 0.3) is 0 Å². The Bertz CT molecular complexity index is 175. The fraction of sp³-hybridized carbons (Fsp3) is 0.556. The molecule has 0 aromatic carbocycles. The van der Waals surface area contributed by atoms with Gasteiger partial charge in [-0.2, -0.15) is 0 Å². The summed E-state index contributed by atoms with van der Waals surface area (Å²) < 4.78 is 0. The van der Waals surface area contributed by atoms with Gasteiger partial charge in [-0.05, 0) is 18.8 Å². The summed E-state index contributed by atoms with van der Waals surface area (Å²) in [7, 11) is 0. The van der Waals surface area contributed by atoms with Gasteiger partial charge in [0.1, 0.15) is 0 Å². The Morgan fingerprint density at radius 2 is 2.08 bits per heavy atom. The molecule has 1 saturated carbocycles. The number of halogens is 2. The fourth-order valence-corrected chi connectivity index (χ4v) is 1.77. The zero-order valence-electron chi connectivity index (χ0n) is 6.82. The quantitative estimate of drug-likeness (QED) is 0.404. The molecular weight excluding hydrogens is 270 g/mol. The van der Waals surface area contributed by atoms with Crippen molar-refractivity contribution in [3.63, 3.8) is 0 Å². The van der Waals surface area contributed by atoms with Gasteiger partial charge in [-0.3, -0.25) is 6.08 Å². The molecule has 0 nitrogen and oxygen atoms in total. The molecule has 2 aliphatic carbocycles. The molecule has 1 unspecified atom stereocenters. The van der Waals surface area contributed by atoms with Gasteiger partial charge in [0.05, 0.1) is 0 Å². The standard InChI is InChI=1S/C9H11.2ClH.Zr/c1-2-5-9-7-3-6-8(9)4-1;;;/h1,4,9H,3,5-7H2;2*1H;/q-1;;;+3/p-2. The Labute approximate surface area is 106 Å². The van der Waals surface area contributed by atoms with Gasteiger partial charge in [0.25, 0.3) is 0 Å². The van der Waals surface area contributed by atoms with Crippen LogP contribution in [0, 0.1) is 12.0 Å². The van der Waals surface area contributed by atoms with Gasteiger partial charge in [0.2, 0.25) is 0 Å². The van der Waals surface area contributed by atoms with E-state index in [-0.39, 0.29) is 51.0 Å². The third-order valence-electron chi connectivity index (χ3n) is 2.32. The van der Waals surface area contributed by atoms with Crippen LogP contribution >= 0.6 is 0 Å². The maximum atomic E-state index is 3.25. The molecule has 65 valence electrons. The largest absolute Gasteiger partial charge is 3.00 e. The van der Waals surface area contributed by atoms with Crippen LogP contribution in [0.3, 0.4) is 0 Å². The SMILES string of the molecule is [C-]1=CC=C2CCCC2C1.[Cl-].[Cl-].[Zr+3]. The second-order valence-electron chi connectivity index (χ2n) is 2.91. The second-order valence-corrected chi connectivity index (χ2v) is 2.91. The van der Waals surface area contributed by atoms with E-state index >= 15 is 0 Å². The summed E-state index contributed by atoms with van der Waals surface area (Å²) in [6, 6.07) is 0. The van der Waals surface area contributed by atoms with Crippen molar-refractivity contribution in [2.45, 2.75) is 25.7 Å².